The number of benzene rings is 1. The molecule has 1 aliphatic heterocycles. The Morgan fingerprint density at radius 2 is 2.00 bits per heavy atom. The Bertz CT molecular complexity index is 664. The highest BCUT2D eigenvalue weighted by molar-refractivity contribution is 7.10. The SMILES string of the molecule is COc1cccc(C(=O)NCC(c2cccs2)N2CCCCCC2)c1. The minimum absolute atomic E-state index is 0.0460. The number of nitrogens with one attached hydrogen (secondary N) is 1. The Morgan fingerprint density at radius 1 is 1.20 bits per heavy atom. The van der Waals surface area contributed by atoms with E-state index in [1.165, 1.54) is 30.6 Å². The van der Waals surface area contributed by atoms with E-state index in [-0.39, 0.29) is 11.9 Å². The van der Waals surface area contributed by atoms with Crippen LogP contribution in [0.3, 0.4) is 0 Å². The smallest absolute Gasteiger partial charge is 0.251 e. The van der Waals surface area contributed by atoms with Crippen molar-refractivity contribution in [3.8, 4) is 5.75 Å². The third-order valence-corrected chi connectivity index (χ3v) is 5.71. The van der Waals surface area contributed by atoms with Gasteiger partial charge in [-0.1, -0.05) is 25.0 Å². The summed E-state index contributed by atoms with van der Waals surface area (Å²) in [4.78, 5) is 16.4. The van der Waals surface area contributed by atoms with Gasteiger partial charge in [0.05, 0.1) is 13.2 Å². The summed E-state index contributed by atoms with van der Waals surface area (Å²) in [6.45, 7) is 2.85. The number of amides is 1. The first-order valence-corrected chi connectivity index (χ1v) is 9.85. The maximum Gasteiger partial charge on any atom is 0.251 e. The first kappa shape index (κ1) is 18.0. The van der Waals surface area contributed by atoms with Crippen molar-refractivity contribution in [3.63, 3.8) is 0 Å². The quantitative estimate of drug-likeness (QED) is 0.845. The standard InChI is InChI=1S/C20H26N2O2S/c1-24-17-9-6-8-16(14-17)20(23)21-15-18(19-10-7-13-25-19)22-11-4-2-3-5-12-22/h6-10,13-14,18H,2-5,11-12,15H2,1H3,(H,21,23). The van der Waals surface area contributed by atoms with Crippen LogP contribution in [0.1, 0.15) is 47.0 Å². The topological polar surface area (TPSA) is 41.6 Å². The Hall–Kier alpha value is -1.85. The van der Waals surface area contributed by atoms with Crippen LogP contribution in [0.2, 0.25) is 0 Å². The molecule has 134 valence electrons. The van der Waals surface area contributed by atoms with Gasteiger partial charge in [0.1, 0.15) is 5.75 Å². The van der Waals surface area contributed by atoms with E-state index in [1.807, 2.05) is 18.2 Å². The van der Waals surface area contributed by atoms with Gasteiger partial charge in [0.15, 0.2) is 0 Å². The Morgan fingerprint density at radius 3 is 2.68 bits per heavy atom. The monoisotopic (exact) mass is 358 g/mol. The molecule has 2 aromatic rings. The van der Waals surface area contributed by atoms with Crippen LogP contribution in [0.15, 0.2) is 41.8 Å². The van der Waals surface area contributed by atoms with Crippen LogP contribution in [-0.4, -0.2) is 37.6 Å². The van der Waals surface area contributed by atoms with Crippen LogP contribution in [0.4, 0.5) is 0 Å². The number of carbonyl (C=O) groups excluding carboxylic acids is 1. The predicted octanol–water partition coefficient (Wildman–Crippen LogP) is 4.10. The summed E-state index contributed by atoms with van der Waals surface area (Å²) in [7, 11) is 1.61. The number of thiophene rings is 1. The summed E-state index contributed by atoms with van der Waals surface area (Å²) in [5.41, 5.74) is 0.639. The van der Waals surface area contributed by atoms with Gasteiger partial charge in [-0.05, 0) is 55.6 Å². The number of nitrogens with zero attached hydrogens (tertiary/aromatic N) is 1. The van der Waals surface area contributed by atoms with Gasteiger partial charge in [0, 0.05) is 17.0 Å². The fourth-order valence-corrected chi connectivity index (χ4v) is 4.21. The van der Waals surface area contributed by atoms with E-state index < -0.39 is 0 Å². The molecule has 5 heteroatoms. The van der Waals surface area contributed by atoms with E-state index in [9.17, 15) is 4.79 Å². The molecule has 2 heterocycles. The molecule has 25 heavy (non-hydrogen) atoms. The molecule has 0 aliphatic carbocycles. The van der Waals surface area contributed by atoms with E-state index in [1.54, 1.807) is 24.5 Å². The highest BCUT2D eigenvalue weighted by atomic mass is 32.1. The summed E-state index contributed by atoms with van der Waals surface area (Å²) in [5.74, 6) is 0.658. The summed E-state index contributed by atoms with van der Waals surface area (Å²) in [6.07, 6.45) is 5.10. The molecule has 1 aromatic carbocycles. The lowest BCUT2D eigenvalue weighted by molar-refractivity contribution is 0.0933. The summed E-state index contributed by atoms with van der Waals surface area (Å²) < 4.78 is 5.21. The van der Waals surface area contributed by atoms with Crippen molar-refractivity contribution in [1.82, 2.24) is 10.2 Å². The molecule has 0 spiro atoms. The molecule has 4 nitrogen and oxygen atoms in total. The number of carbonyl (C=O) groups is 1. The van der Waals surface area contributed by atoms with Crippen molar-refractivity contribution in [1.29, 1.82) is 0 Å². The van der Waals surface area contributed by atoms with Crippen molar-refractivity contribution < 1.29 is 9.53 Å². The molecule has 1 unspecified atom stereocenters. The van der Waals surface area contributed by atoms with Gasteiger partial charge in [-0.2, -0.15) is 0 Å². The van der Waals surface area contributed by atoms with Crippen LogP contribution in [0.25, 0.3) is 0 Å². The molecule has 1 aromatic heterocycles. The van der Waals surface area contributed by atoms with Crippen molar-refractivity contribution >= 4 is 17.2 Å². The summed E-state index contributed by atoms with van der Waals surface area (Å²) in [6, 6.07) is 11.8. The number of methoxy groups -OCH3 is 1. The molecular formula is C20H26N2O2S. The Balaban J connectivity index is 1.68. The zero-order chi connectivity index (χ0) is 17.5. The molecule has 0 radical (unpaired) electrons. The molecule has 0 saturated carbocycles. The van der Waals surface area contributed by atoms with Gasteiger partial charge < -0.3 is 10.1 Å². The van der Waals surface area contributed by atoms with Gasteiger partial charge in [-0.15, -0.1) is 11.3 Å². The Kier molecular flexibility index (Phi) is 6.48. The Labute approximate surface area is 153 Å². The number of hydrogen-bond donors (Lipinski definition) is 1. The number of rotatable bonds is 6. The normalized spacial score (nSPS) is 16.8. The lowest BCUT2D eigenvalue weighted by Crippen LogP contribution is -2.38. The zero-order valence-electron chi connectivity index (χ0n) is 14.7. The number of likely N-dealkylation sites (tertiary alicyclic amines) is 1. The molecular weight excluding hydrogens is 332 g/mol. The van der Waals surface area contributed by atoms with Gasteiger partial charge in [-0.25, -0.2) is 0 Å². The highest BCUT2D eigenvalue weighted by Crippen LogP contribution is 2.27. The molecule has 0 bridgehead atoms. The highest BCUT2D eigenvalue weighted by Gasteiger charge is 2.23. The van der Waals surface area contributed by atoms with Crippen LogP contribution in [0.5, 0.6) is 5.75 Å². The fourth-order valence-electron chi connectivity index (χ4n) is 3.35. The average Bonchev–Trinajstić information content (AvgIpc) is 3.04. The largest absolute Gasteiger partial charge is 0.497 e. The van der Waals surface area contributed by atoms with Crippen LogP contribution in [-0.2, 0) is 0 Å². The lowest BCUT2D eigenvalue weighted by atomic mass is 10.1. The molecule has 3 rings (SSSR count). The average molecular weight is 359 g/mol. The molecule has 1 fully saturated rings. The first-order chi connectivity index (χ1) is 12.3. The van der Waals surface area contributed by atoms with Crippen LogP contribution < -0.4 is 10.1 Å². The van der Waals surface area contributed by atoms with E-state index in [0.29, 0.717) is 17.9 Å². The number of hydrogen-bond acceptors (Lipinski definition) is 4. The summed E-state index contributed by atoms with van der Waals surface area (Å²) in [5, 5.41) is 5.24. The maximum absolute atomic E-state index is 12.6. The van der Waals surface area contributed by atoms with Crippen LogP contribution >= 0.6 is 11.3 Å². The van der Waals surface area contributed by atoms with Gasteiger partial charge in [0.2, 0.25) is 0 Å². The predicted molar refractivity (Wildman–Crippen MR) is 102 cm³/mol. The molecule has 1 aliphatic rings. The molecule has 1 amide bonds. The minimum Gasteiger partial charge on any atom is -0.497 e. The van der Waals surface area contributed by atoms with Crippen LogP contribution in [0, 0.1) is 0 Å². The van der Waals surface area contributed by atoms with Crippen molar-refractivity contribution in [3.05, 3.63) is 52.2 Å². The third kappa shape index (κ3) is 4.83. The maximum atomic E-state index is 12.6. The minimum atomic E-state index is -0.0460. The molecule has 1 saturated heterocycles. The van der Waals surface area contributed by atoms with E-state index >= 15 is 0 Å². The number of ether oxygens (including phenoxy) is 1. The van der Waals surface area contributed by atoms with E-state index in [0.717, 1.165) is 13.1 Å². The second-order valence-corrected chi connectivity index (χ2v) is 7.40. The zero-order valence-corrected chi connectivity index (χ0v) is 15.6. The van der Waals surface area contributed by atoms with Crippen molar-refractivity contribution in [2.45, 2.75) is 31.7 Å². The lowest BCUT2D eigenvalue weighted by Gasteiger charge is -2.30. The van der Waals surface area contributed by atoms with Crippen molar-refractivity contribution in [2.75, 3.05) is 26.7 Å². The van der Waals surface area contributed by atoms with Gasteiger partial charge in [-0.3, -0.25) is 9.69 Å². The summed E-state index contributed by atoms with van der Waals surface area (Å²) >= 11 is 1.77. The van der Waals surface area contributed by atoms with E-state index in [2.05, 4.69) is 27.7 Å². The second kappa shape index (κ2) is 9.02. The van der Waals surface area contributed by atoms with Crippen molar-refractivity contribution in [2.24, 2.45) is 0 Å². The first-order valence-electron chi connectivity index (χ1n) is 8.97. The molecule has 1 N–H and O–H groups in total. The van der Waals surface area contributed by atoms with Gasteiger partial charge >= 0.3 is 0 Å². The van der Waals surface area contributed by atoms with E-state index in [4.69, 9.17) is 4.74 Å². The molecule has 1 atom stereocenters. The van der Waals surface area contributed by atoms with Gasteiger partial charge in [0.25, 0.3) is 5.91 Å². The third-order valence-electron chi connectivity index (χ3n) is 4.74. The second-order valence-electron chi connectivity index (χ2n) is 6.42. The fraction of sp³-hybridized carbons (Fsp3) is 0.450.